The summed E-state index contributed by atoms with van der Waals surface area (Å²) in [6, 6.07) is 1.89. The van der Waals surface area contributed by atoms with Crippen molar-refractivity contribution in [3.8, 4) is 0 Å². The molecule has 2 rings (SSSR count). The summed E-state index contributed by atoms with van der Waals surface area (Å²) in [7, 11) is 0. The molecule has 0 saturated carbocycles. The molecule has 0 bridgehead atoms. The molecule has 1 aliphatic heterocycles. The normalized spacial score (nSPS) is 20.4. The maximum Gasteiger partial charge on any atom is 0.392 e. The first-order valence-electron chi connectivity index (χ1n) is 6.52. The lowest BCUT2D eigenvalue weighted by atomic mass is 9.93. The summed E-state index contributed by atoms with van der Waals surface area (Å²) in [5.41, 5.74) is 0.999. The van der Waals surface area contributed by atoms with E-state index in [1.165, 1.54) is 13.3 Å². The van der Waals surface area contributed by atoms with Crippen LogP contribution in [0.15, 0.2) is 18.6 Å². The molecule has 0 N–H and O–H groups in total. The van der Waals surface area contributed by atoms with Crippen LogP contribution in [-0.4, -0.2) is 40.7 Å². The van der Waals surface area contributed by atoms with E-state index in [4.69, 9.17) is 0 Å². The Hall–Kier alpha value is -1.17. The fraction of sp³-hybridized carbons (Fsp3) is 0.692. The molecule has 0 aliphatic carbocycles. The Morgan fingerprint density at radius 2 is 2.05 bits per heavy atom. The summed E-state index contributed by atoms with van der Waals surface area (Å²) in [5, 5.41) is 0. The van der Waals surface area contributed by atoms with Crippen LogP contribution in [0.25, 0.3) is 0 Å². The van der Waals surface area contributed by atoms with Crippen molar-refractivity contribution in [1.82, 2.24) is 14.9 Å². The lowest BCUT2D eigenvalue weighted by molar-refractivity contribution is -0.174. The highest BCUT2D eigenvalue weighted by molar-refractivity contribution is 5.07. The Bertz CT molecular complexity index is 386. The fourth-order valence-electron chi connectivity index (χ4n) is 2.44. The van der Waals surface area contributed by atoms with Crippen LogP contribution in [0.3, 0.4) is 0 Å². The second-order valence-corrected chi connectivity index (χ2v) is 5.15. The number of hydrogen-bond acceptors (Lipinski definition) is 3. The zero-order valence-electron chi connectivity index (χ0n) is 10.9. The number of hydrogen-bond donors (Lipinski definition) is 0. The van der Waals surface area contributed by atoms with Crippen molar-refractivity contribution < 1.29 is 13.2 Å². The molecule has 19 heavy (non-hydrogen) atoms. The maximum atomic E-state index is 12.5. The van der Waals surface area contributed by atoms with Crippen molar-refractivity contribution in [2.24, 2.45) is 5.92 Å². The van der Waals surface area contributed by atoms with E-state index in [2.05, 4.69) is 9.97 Å². The SMILES string of the molecule is C[C@H](CN1CCC(c2ccncn2)CC1)C(F)(F)F. The second kappa shape index (κ2) is 5.86. The van der Waals surface area contributed by atoms with Crippen LogP contribution in [0.5, 0.6) is 0 Å². The standard InChI is InChI=1S/C13H18F3N3/c1-10(13(14,15)16)8-19-6-3-11(4-7-19)12-2-5-17-9-18-12/h2,5,9-11H,3-4,6-8H2,1H3/t10-/m1/s1. The Morgan fingerprint density at radius 1 is 1.37 bits per heavy atom. The van der Waals surface area contributed by atoms with Gasteiger partial charge >= 0.3 is 6.18 Å². The van der Waals surface area contributed by atoms with Crippen LogP contribution in [-0.2, 0) is 0 Å². The van der Waals surface area contributed by atoms with Gasteiger partial charge in [-0.1, -0.05) is 6.92 Å². The molecule has 6 heteroatoms. The molecule has 3 nitrogen and oxygen atoms in total. The quantitative estimate of drug-likeness (QED) is 0.848. The first-order chi connectivity index (χ1) is 8.97. The Balaban J connectivity index is 1.83. The third kappa shape index (κ3) is 3.89. The lowest BCUT2D eigenvalue weighted by Gasteiger charge is -2.33. The third-order valence-corrected chi connectivity index (χ3v) is 3.70. The summed E-state index contributed by atoms with van der Waals surface area (Å²) in [5.74, 6) is -0.913. The molecule has 0 spiro atoms. The number of halogens is 3. The largest absolute Gasteiger partial charge is 0.392 e. The van der Waals surface area contributed by atoms with Gasteiger partial charge in [-0.15, -0.1) is 0 Å². The summed E-state index contributed by atoms with van der Waals surface area (Å²) in [4.78, 5) is 9.99. The molecule has 1 fully saturated rings. The minimum Gasteiger partial charge on any atom is -0.303 e. The van der Waals surface area contributed by atoms with Gasteiger partial charge in [0.15, 0.2) is 0 Å². The molecular formula is C13H18F3N3. The van der Waals surface area contributed by atoms with Crippen LogP contribution in [0.4, 0.5) is 13.2 Å². The van der Waals surface area contributed by atoms with Crippen molar-refractivity contribution in [1.29, 1.82) is 0 Å². The van der Waals surface area contributed by atoms with Crippen molar-refractivity contribution >= 4 is 0 Å². The van der Waals surface area contributed by atoms with Gasteiger partial charge in [0.05, 0.1) is 5.92 Å². The smallest absolute Gasteiger partial charge is 0.303 e. The molecule has 1 aromatic rings. The number of nitrogens with zero attached hydrogens (tertiary/aromatic N) is 3. The highest BCUT2D eigenvalue weighted by Crippen LogP contribution is 2.30. The van der Waals surface area contributed by atoms with Crippen molar-refractivity contribution in [3.63, 3.8) is 0 Å². The molecule has 0 aromatic carbocycles. The first-order valence-corrected chi connectivity index (χ1v) is 6.52. The molecule has 2 heterocycles. The predicted molar refractivity (Wildman–Crippen MR) is 65.7 cm³/mol. The van der Waals surface area contributed by atoms with Crippen molar-refractivity contribution in [2.45, 2.75) is 31.9 Å². The summed E-state index contributed by atoms with van der Waals surface area (Å²) in [6.45, 7) is 2.75. The Morgan fingerprint density at radius 3 is 2.58 bits per heavy atom. The molecule has 1 aromatic heterocycles. The summed E-state index contributed by atoms with van der Waals surface area (Å²) >= 11 is 0. The molecule has 0 amide bonds. The highest BCUT2D eigenvalue weighted by Gasteiger charge is 2.37. The van der Waals surface area contributed by atoms with Gasteiger partial charge in [0, 0.05) is 24.4 Å². The van der Waals surface area contributed by atoms with Crippen LogP contribution >= 0.6 is 0 Å². The van der Waals surface area contributed by atoms with E-state index < -0.39 is 12.1 Å². The zero-order valence-corrected chi connectivity index (χ0v) is 10.9. The molecule has 1 saturated heterocycles. The van der Waals surface area contributed by atoms with Gasteiger partial charge in [-0.05, 0) is 32.0 Å². The zero-order chi connectivity index (χ0) is 13.9. The van der Waals surface area contributed by atoms with Crippen LogP contribution in [0.1, 0.15) is 31.4 Å². The molecule has 106 valence electrons. The van der Waals surface area contributed by atoms with E-state index in [-0.39, 0.29) is 6.54 Å². The van der Waals surface area contributed by atoms with Crippen LogP contribution < -0.4 is 0 Å². The summed E-state index contributed by atoms with van der Waals surface area (Å²) in [6.07, 6.45) is 0.862. The fourth-order valence-corrected chi connectivity index (χ4v) is 2.44. The average Bonchev–Trinajstić information content (AvgIpc) is 2.39. The molecule has 0 radical (unpaired) electrons. The van der Waals surface area contributed by atoms with Gasteiger partial charge in [0.1, 0.15) is 6.33 Å². The second-order valence-electron chi connectivity index (χ2n) is 5.15. The number of likely N-dealkylation sites (tertiary alicyclic amines) is 1. The third-order valence-electron chi connectivity index (χ3n) is 3.70. The van der Waals surface area contributed by atoms with E-state index in [0.717, 1.165) is 18.5 Å². The van der Waals surface area contributed by atoms with Crippen molar-refractivity contribution in [3.05, 3.63) is 24.3 Å². The maximum absolute atomic E-state index is 12.5. The number of alkyl halides is 3. The van der Waals surface area contributed by atoms with Gasteiger partial charge < -0.3 is 4.90 Å². The monoisotopic (exact) mass is 273 g/mol. The highest BCUT2D eigenvalue weighted by atomic mass is 19.4. The summed E-state index contributed by atoms with van der Waals surface area (Å²) < 4.78 is 37.5. The molecule has 1 aliphatic rings. The van der Waals surface area contributed by atoms with E-state index >= 15 is 0 Å². The number of piperidine rings is 1. The topological polar surface area (TPSA) is 29.0 Å². The number of rotatable bonds is 3. The van der Waals surface area contributed by atoms with Gasteiger partial charge in [0.25, 0.3) is 0 Å². The van der Waals surface area contributed by atoms with E-state index in [1.807, 2.05) is 11.0 Å². The Kier molecular flexibility index (Phi) is 4.39. The molecule has 0 unspecified atom stereocenters. The molecular weight excluding hydrogens is 255 g/mol. The van der Waals surface area contributed by atoms with Crippen molar-refractivity contribution in [2.75, 3.05) is 19.6 Å². The number of aromatic nitrogens is 2. The van der Waals surface area contributed by atoms with E-state index in [9.17, 15) is 13.2 Å². The predicted octanol–water partition coefficient (Wildman–Crippen LogP) is 2.85. The minimum atomic E-state index is -4.09. The van der Waals surface area contributed by atoms with Crippen LogP contribution in [0.2, 0.25) is 0 Å². The van der Waals surface area contributed by atoms with Gasteiger partial charge in [-0.25, -0.2) is 9.97 Å². The lowest BCUT2D eigenvalue weighted by Crippen LogP contribution is -2.39. The Labute approximate surface area is 110 Å². The van der Waals surface area contributed by atoms with E-state index in [0.29, 0.717) is 19.0 Å². The van der Waals surface area contributed by atoms with Gasteiger partial charge in [-0.2, -0.15) is 13.2 Å². The van der Waals surface area contributed by atoms with Gasteiger partial charge in [0.2, 0.25) is 0 Å². The minimum absolute atomic E-state index is 0.0972. The van der Waals surface area contributed by atoms with Crippen LogP contribution in [0, 0.1) is 5.92 Å². The first kappa shape index (κ1) is 14.2. The van der Waals surface area contributed by atoms with Gasteiger partial charge in [-0.3, -0.25) is 0 Å². The average molecular weight is 273 g/mol. The molecule has 1 atom stereocenters. The van der Waals surface area contributed by atoms with E-state index in [1.54, 1.807) is 6.20 Å².